The van der Waals surface area contributed by atoms with Gasteiger partial charge in [-0.2, -0.15) is 0 Å². The van der Waals surface area contributed by atoms with Crippen molar-refractivity contribution in [3.8, 4) is 5.75 Å². The minimum Gasteiger partial charge on any atom is -0.493 e. The molecule has 84 valence electrons. The molecular weight excluding hydrogens is 202 g/mol. The zero-order valence-corrected chi connectivity index (χ0v) is 9.32. The van der Waals surface area contributed by atoms with Crippen molar-refractivity contribution in [3.63, 3.8) is 0 Å². The standard InChI is InChI=1S/C13H15NO2/c1-9-7-16-13-3-2-11(4-12(9)13)15-8-10-5-14-6-10/h2-4,7,10,14H,5-6,8H2,1H3. The van der Waals surface area contributed by atoms with Crippen LogP contribution in [0.3, 0.4) is 0 Å². The van der Waals surface area contributed by atoms with Gasteiger partial charge in [-0.3, -0.25) is 0 Å². The summed E-state index contributed by atoms with van der Waals surface area (Å²) >= 11 is 0. The molecule has 2 aromatic rings. The first-order chi connectivity index (χ1) is 7.83. The summed E-state index contributed by atoms with van der Waals surface area (Å²) in [5.41, 5.74) is 2.08. The van der Waals surface area contributed by atoms with Crippen molar-refractivity contribution in [2.24, 2.45) is 5.92 Å². The monoisotopic (exact) mass is 217 g/mol. The molecule has 1 fully saturated rings. The number of furan rings is 1. The molecule has 3 heteroatoms. The summed E-state index contributed by atoms with van der Waals surface area (Å²) in [5.74, 6) is 1.60. The van der Waals surface area contributed by atoms with Gasteiger partial charge < -0.3 is 14.5 Å². The predicted molar refractivity (Wildman–Crippen MR) is 62.8 cm³/mol. The minimum atomic E-state index is 0.668. The largest absolute Gasteiger partial charge is 0.493 e. The van der Waals surface area contributed by atoms with Gasteiger partial charge >= 0.3 is 0 Å². The van der Waals surface area contributed by atoms with Crippen LogP contribution in [0.25, 0.3) is 11.0 Å². The Labute approximate surface area is 94.4 Å². The second-order valence-electron chi connectivity index (χ2n) is 4.41. The molecule has 1 aromatic carbocycles. The van der Waals surface area contributed by atoms with E-state index in [9.17, 15) is 0 Å². The molecule has 0 radical (unpaired) electrons. The van der Waals surface area contributed by atoms with Gasteiger partial charge in [0, 0.05) is 24.4 Å². The highest BCUT2D eigenvalue weighted by atomic mass is 16.5. The molecule has 0 amide bonds. The average molecular weight is 217 g/mol. The van der Waals surface area contributed by atoms with Crippen molar-refractivity contribution >= 4 is 11.0 Å². The molecule has 16 heavy (non-hydrogen) atoms. The number of hydrogen-bond donors (Lipinski definition) is 1. The quantitative estimate of drug-likeness (QED) is 0.857. The molecule has 3 rings (SSSR count). The van der Waals surface area contributed by atoms with Gasteiger partial charge in [0.2, 0.25) is 0 Å². The summed E-state index contributed by atoms with van der Waals surface area (Å²) in [6.45, 7) is 5.00. The Morgan fingerprint density at radius 2 is 2.31 bits per heavy atom. The first-order valence-electron chi connectivity index (χ1n) is 5.64. The number of aryl methyl sites for hydroxylation is 1. The highest BCUT2D eigenvalue weighted by molar-refractivity contribution is 5.82. The lowest BCUT2D eigenvalue weighted by Crippen LogP contribution is -2.45. The Bertz CT molecular complexity index is 500. The van der Waals surface area contributed by atoms with Crippen LogP contribution in [0.15, 0.2) is 28.9 Å². The predicted octanol–water partition coefficient (Wildman–Crippen LogP) is 2.34. The second-order valence-corrected chi connectivity index (χ2v) is 4.41. The maximum absolute atomic E-state index is 5.76. The van der Waals surface area contributed by atoms with E-state index in [1.54, 1.807) is 6.26 Å². The van der Waals surface area contributed by atoms with E-state index >= 15 is 0 Å². The van der Waals surface area contributed by atoms with Gasteiger partial charge in [0.25, 0.3) is 0 Å². The summed E-state index contributed by atoms with van der Waals surface area (Å²) < 4.78 is 11.2. The maximum Gasteiger partial charge on any atom is 0.134 e. The molecule has 0 aliphatic carbocycles. The van der Waals surface area contributed by atoms with Gasteiger partial charge in [0.15, 0.2) is 0 Å². The molecule has 0 atom stereocenters. The van der Waals surface area contributed by atoms with E-state index in [0.29, 0.717) is 5.92 Å². The highest BCUT2D eigenvalue weighted by Gasteiger charge is 2.17. The van der Waals surface area contributed by atoms with Gasteiger partial charge in [0.05, 0.1) is 12.9 Å². The fraction of sp³-hybridized carbons (Fsp3) is 0.385. The van der Waals surface area contributed by atoms with E-state index in [0.717, 1.165) is 42.0 Å². The molecule has 0 saturated carbocycles. The van der Waals surface area contributed by atoms with E-state index < -0.39 is 0 Å². The third kappa shape index (κ3) is 1.67. The van der Waals surface area contributed by atoms with Gasteiger partial charge in [0.1, 0.15) is 11.3 Å². The maximum atomic E-state index is 5.76. The van der Waals surface area contributed by atoms with Crippen LogP contribution in [-0.4, -0.2) is 19.7 Å². The summed E-state index contributed by atoms with van der Waals surface area (Å²) in [7, 11) is 0. The van der Waals surface area contributed by atoms with Crippen molar-refractivity contribution in [1.82, 2.24) is 5.32 Å². The number of hydrogen-bond acceptors (Lipinski definition) is 3. The van der Waals surface area contributed by atoms with Crippen LogP contribution in [0.4, 0.5) is 0 Å². The molecular formula is C13H15NO2. The first-order valence-corrected chi connectivity index (χ1v) is 5.64. The van der Waals surface area contributed by atoms with Crippen molar-refractivity contribution < 1.29 is 9.15 Å². The molecule has 1 aromatic heterocycles. The van der Waals surface area contributed by atoms with Crippen LogP contribution in [0.2, 0.25) is 0 Å². The molecule has 2 heterocycles. The van der Waals surface area contributed by atoms with Crippen molar-refractivity contribution in [1.29, 1.82) is 0 Å². The van der Waals surface area contributed by atoms with Crippen molar-refractivity contribution in [3.05, 3.63) is 30.0 Å². The van der Waals surface area contributed by atoms with Crippen molar-refractivity contribution in [2.45, 2.75) is 6.92 Å². The molecule has 0 unspecified atom stereocenters. The number of benzene rings is 1. The lowest BCUT2D eigenvalue weighted by Gasteiger charge is -2.26. The zero-order valence-electron chi connectivity index (χ0n) is 9.32. The Morgan fingerprint density at radius 3 is 3.06 bits per heavy atom. The van der Waals surface area contributed by atoms with Gasteiger partial charge in [-0.15, -0.1) is 0 Å². The molecule has 1 aliphatic heterocycles. The smallest absolute Gasteiger partial charge is 0.134 e. The van der Waals surface area contributed by atoms with Crippen LogP contribution < -0.4 is 10.1 Å². The Kier molecular flexibility index (Phi) is 2.33. The summed E-state index contributed by atoms with van der Waals surface area (Å²) in [6, 6.07) is 5.99. The fourth-order valence-corrected chi connectivity index (χ4v) is 1.91. The molecule has 0 spiro atoms. The third-order valence-corrected chi connectivity index (χ3v) is 3.09. The Balaban J connectivity index is 1.78. The van der Waals surface area contributed by atoms with E-state index in [2.05, 4.69) is 11.4 Å². The van der Waals surface area contributed by atoms with Crippen molar-refractivity contribution in [2.75, 3.05) is 19.7 Å². The topological polar surface area (TPSA) is 34.4 Å². The Morgan fingerprint density at radius 1 is 1.44 bits per heavy atom. The van der Waals surface area contributed by atoms with E-state index in [1.165, 1.54) is 0 Å². The van der Waals surface area contributed by atoms with Crippen LogP contribution >= 0.6 is 0 Å². The average Bonchev–Trinajstić information content (AvgIpc) is 2.58. The zero-order chi connectivity index (χ0) is 11.0. The molecule has 3 nitrogen and oxygen atoms in total. The SMILES string of the molecule is Cc1coc2ccc(OCC3CNC3)cc12. The third-order valence-electron chi connectivity index (χ3n) is 3.09. The second kappa shape index (κ2) is 3.83. The number of nitrogens with one attached hydrogen (secondary N) is 1. The van der Waals surface area contributed by atoms with Crippen LogP contribution in [-0.2, 0) is 0 Å². The number of fused-ring (bicyclic) bond motifs is 1. The first kappa shape index (κ1) is 9.73. The summed E-state index contributed by atoms with van der Waals surface area (Å²) in [6.07, 6.45) is 1.78. The highest BCUT2D eigenvalue weighted by Crippen LogP contribution is 2.25. The normalized spacial score (nSPS) is 16.3. The van der Waals surface area contributed by atoms with E-state index in [1.807, 2.05) is 19.1 Å². The summed E-state index contributed by atoms with van der Waals surface area (Å²) in [4.78, 5) is 0. The number of ether oxygens (including phenoxy) is 1. The lowest BCUT2D eigenvalue weighted by atomic mass is 10.1. The minimum absolute atomic E-state index is 0.668. The van der Waals surface area contributed by atoms with Crippen LogP contribution in [0, 0.1) is 12.8 Å². The molecule has 1 saturated heterocycles. The van der Waals surface area contributed by atoms with Crippen LogP contribution in [0.5, 0.6) is 5.75 Å². The molecule has 1 N–H and O–H groups in total. The molecule has 1 aliphatic rings. The van der Waals surface area contributed by atoms with E-state index in [4.69, 9.17) is 9.15 Å². The van der Waals surface area contributed by atoms with Gasteiger partial charge in [-0.25, -0.2) is 0 Å². The fourth-order valence-electron chi connectivity index (χ4n) is 1.91. The molecule has 0 bridgehead atoms. The Hall–Kier alpha value is -1.48. The summed E-state index contributed by atoms with van der Waals surface area (Å²) in [5, 5.41) is 4.38. The van der Waals surface area contributed by atoms with Crippen LogP contribution in [0.1, 0.15) is 5.56 Å². The lowest BCUT2D eigenvalue weighted by molar-refractivity contribution is 0.199. The number of rotatable bonds is 3. The van der Waals surface area contributed by atoms with Gasteiger partial charge in [-0.1, -0.05) is 0 Å². The van der Waals surface area contributed by atoms with E-state index in [-0.39, 0.29) is 0 Å². The van der Waals surface area contributed by atoms with Gasteiger partial charge in [-0.05, 0) is 30.7 Å².